The van der Waals surface area contributed by atoms with Crippen molar-refractivity contribution in [3.63, 3.8) is 0 Å². The Morgan fingerprint density at radius 2 is 2.09 bits per heavy atom. The monoisotopic (exact) mass is 169 g/mol. The average molecular weight is 169 g/mol. The van der Waals surface area contributed by atoms with Crippen LogP contribution in [0.1, 0.15) is 26.7 Å². The summed E-state index contributed by atoms with van der Waals surface area (Å²) in [7, 11) is 0. The molecule has 0 fully saturated rings. The molecule has 0 saturated carbocycles. The van der Waals surface area contributed by atoms with Crippen LogP contribution in [0.3, 0.4) is 0 Å². The summed E-state index contributed by atoms with van der Waals surface area (Å²) >= 11 is 1.87. The van der Waals surface area contributed by atoms with Gasteiger partial charge in [0.1, 0.15) is 0 Å². The molecule has 63 valence electrons. The van der Waals surface area contributed by atoms with Crippen LogP contribution in [-0.2, 0) is 0 Å². The van der Waals surface area contributed by atoms with Gasteiger partial charge in [-0.3, -0.25) is 0 Å². The summed E-state index contributed by atoms with van der Waals surface area (Å²) in [6.45, 7) is 8.11. The Balaban J connectivity index is 3.54. The second-order valence-electron chi connectivity index (χ2n) is 2.76. The largest absolute Gasteiger partial charge is 0.161 e. The summed E-state index contributed by atoms with van der Waals surface area (Å²) in [5.74, 6) is 6.81. The number of rotatable bonds is 3. The molecule has 0 amide bonds. The van der Waals surface area contributed by atoms with Crippen molar-refractivity contribution in [2.45, 2.75) is 31.9 Å². The van der Waals surface area contributed by atoms with Crippen LogP contribution in [0.4, 0.5) is 0 Å². The van der Waals surface area contributed by atoms with Gasteiger partial charge in [-0.15, -0.1) is 11.8 Å². The van der Waals surface area contributed by atoms with E-state index >= 15 is 0 Å². The van der Waals surface area contributed by atoms with Gasteiger partial charge in [0.15, 0.2) is 0 Å². The van der Waals surface area contributed by atoms with E-state index < -0.39 is 0 Å². The maximum Gasteiger partial charge on any atom is 0.0205 e. The lowest BCUT2D eigenvalue weighted by Gasteiger charge is -2.00. The van der Waals surface area contributed by atoms with Crippen LogP contribution >= 0.6 is 11.8 Å². The molecule has 0 aliphatic rings. The van der Waals surface area contributed by atoms with Crippen molar-refractivity contribution in [3.05, 3.63) is 6.92 Å². The third-order valence-corrected chi connectivity index (χ3v) is 2.54. The third-order valence-electron chi connectivity index (χ3n) is 1.57. The van der Waals surface area contributed by atoms with Gasteiger partial charge in [-0.25, -0.2) is 0 Å². The molecule has 0 saturated heterocycles. The van der Waals surface area contributed by atoms with Crippen molar-refractivity contribution < 1.29 is 0 Å². The molecule has 0 bridgehead atoms. The van der Waals surface area contributed by atoms with E-state index in [1.807, 2.05) is 11.8 Å². The fraction of sp³-hybridized carbons (Fsp3) is 0.700. The van der Waals surface area contributed by atoms with Crippen molar-refractivity contribution in [2.24, 2.45) is 5.92 Å². The van der Waals surface area contributed by atoms with Crippen LogP contribution in [0.2, 0.25) is 0 Å². The predicted octanol–water partition coefficient (Wildman–Crippen LogP) is 2.99. The van der Waals surface area contributed by atoms with E-state index in [9.17, 15) is 0 Å². The molecule has 0 aromatic heterocycles. The predicted molar refractivity (Wildman–Crippen MR) is 54.5 cm³/mol. The highest BCUT2D eigenvalue weighted by molar-refractivity contribution is 7.99. The smallest absolute Gasteiger partial charge is 0.0205 e. The molecule has 0 nitrogen and oxygen atoms in total. The minimum Gasteiger partial charge on any atom is -0.161 e. The molecule has 1 heteroatoms. The molecule has 0 aliphatic carbocycles. The van der Waals surface area contributed by atoms with Gasteiger partial charge in [0.2, 0.25) is 0 Å². The summed E-state index contributed by atoms with van der Waals surface area (Å²) in [6, 6.07) is 0. The standard InChI is InChI=1S/C10H17S/c1-5-9(2)7-6-8-10(3)11-4/h9-10H,1,5,8H2,2-4H3. The highest BCUT2D eigenvalue weighted by Crippen LogP contribution is 2.08. The molecular formula is C10H17S. The average Bonchev–Trinajstić information content (AvgIpc) is 2.04. The second-order valence-corrected chi connectivity index (χ2v) is 4.04. The third kappa shape index (κ3) is 6.31. The lowest BCUT2D eigenvalue weighted by atomic mass is 10.1. The quantitative estimate of drug-likeness (QED) is 0.585. The Kier molecular flexibility index (Phi) is 6.56. The maximum absolute atomic E-state index is 3.80. The van der Waals surface area contributed by atoms with Gasteiger partial charge >= 0.3 is 0 Å². The minimum absolute atomic E-state index is 0.462. The van der Waals surface area contributed by atoms with E-state index in [4.69, 9.17) is 0 Å². The van der Waals surface area contributed by atoms with E-state index in [1.54, 1.807) is 0 Å². The van der Waals surface area contributed by atoms with E-state index in [-0.39, 0.29) is 0 Å². The zero-order chi connectivity index (χ0) is 8.69. The first-order valence-corrected chi connectivity index (χ1v) is 5.30. The molecule has 2 atom stereocenters. The van der Waals surface area contributed by atoms with Crippen molar-refractivity contribution in [3.8, 4) is 11.8 Å². The van der Waals surface area contributed by atoms with Crippen LogP contribution in [0, 0.1) is 24.7 Å². The van der Waals surface area contributed by atoms with Gasteiger partial charge in [-0.1, -0.05) is 20.8 Å². The highest BCUT2D eigenvalue weighted by Gasteiger charge is 1.94. The molecule has 0 spiro atoms. The van der Waals surface area contributed by atoms with Crippen molar-refractivity contribution in [1.29, 1.82) is 0 Å². The topological polar surface area (TPSA) is 0 Å². The number of thioether (sulfide) groups is 1. The van der Waals surface area contributed by atoms with Crippen LogP contribution in [0.15, 0.2) is 0 Å². The molecule has 0 aliphatic heterocycles. The Morgan fingerprint density at radius 3 is 2.55 bits per heavy atom. The fourth-order valence-electron chi connectivity index (χ4n) is 0.532. The summed E-state index contributed by atoms with van der Waals surface area (Å²) < 4.78 is 0. The van der Waals surface area contributed by atoms with Gasteiger partial charge in [0.05, 0.1) is 0 Å². The first-order chi connectivity index (χ1) is 5.20. The minimum atomic E-state index is 0.462. The molecule has 2 unspecified atom stereocenters. The van der Waals surface area contributed by atoms with Gasteiger partial charge in [-0.2, -0.15) is 11.8 Å². The zero-order valence-corrected chi connectivity index (χ0v) is 8.50. The van der Waals surface area contributed by atoms with Crippen LogP contribution in [0.25, 0.3) is 0 Å². The number of hydrogen-bond acceptors (Lipinski definition) is 1. The molecule has 11 heavy (non-hydrogen) atoms. The fourth-order valence-corrected chi connectivity index (χ4v) is 0.782. The normalized spacial score (nSPS) is 14.9. The lowest BCUT2D eigenvalue weighted by Crippen LogP contribution is -1.92. The SMILES string of the molecule is [CH2]CC(C)C#CCC(C)SC. The van der Waals surface area contributed by atoms with Crippen molar-refractivity contribution >= 4 is 11.8 Å². The molecule has 0 aromatic rings. The molecule has 0 rings (SSSR count). The summed E-state index contributed by atoms with van der Waals surface area (Å²) in [6.07, 6.45) is 4.04. The molecule has 1 radical (unpaired) electrons. The molecule has 0 aromatic carbocycles. The van der Waals surface area contributed by atoms with E-state index in [1.165, 1.54) is 0 Å². The highest BCUT2D eigenvalue weighted by atomic mass is 32.2. The van der Waals surface area contributed by atoms with E-state index in [0.717, 1.165) is 12.8 Å². The Hall–Kier alpha value is -0.0900. The summed E-state index contributed by atoms with van der Waals surface area (Å²) in [4.78, 5) is 0. The molecule has 0 heterocycles. The zero-order valence-electron chi connectivity index (χ0n) is 7.68. The Bertz CT molecular complexity index is 141. The number of hydrogen-bond donors (Lipinski definition) is 0. The van der Waals surface area contributed by atoms with Crippen molar-refractivity contribution in [2.75, 3.05) is 6.26 Å². The van der Waals surface area contributed by atoms with Crippen LogP contribution in [-0.4, -0.2) is 11.5 Å². The van der Waals surface area contributed by atoms with Crippen LogP contribution < -0.4 is 0 Å². The van der Waals surface area contributed by atoms with Gasteiger partial charge in [-0.05, 0) is 12.7 Å². The summed E-state index contributed by atoms with van der Waals surface area (Å²) in [5, 5.41) is 0.666. The lowest BCUT2D eigenvalue weighted by molar-refractivity contribution is 0.768. The van der Waals surface area contributed by atoms with E-state index in [2.05, 4.69) is 38.9 Å². The van der Waals surface area contributed by atoms with Crippen molar-refractivity contribution in [1.82, 2.24) is 0 Å². The summed E-state index contributed by atoms with van der Waals surface area (Å²) in [5.41, 5.74) is 0. The molecule has 0 N–H and O–H groups in total. The van der Waals surface area contributed by atoms with Crippen LogP contribution in [0.5, 0.6) is 0 Å². The first kappa shape index (κ1) is 10.9. The molecular weight excluding hydrogens is 152 g/mol. The Labute approximate surface area is 75.1 Å². The van der Waals surface area contributed by atoms with Gasteiger partial charge in [0.25, 0.3) is 0 Å². The van der Waals surface area contributed by atoms with Gasteiger partial charge in [0, 0.05) is 17.6 Å². The second kappa shape index (κ2) is 6.61. The maximum atomic E-state index is 3.80. The van der Waals surface area contributed by atoms with Gasteiger partial charge < -0.3 is 0 Å². The first-order valence-electron chi connectivity index (χ1n) is 4.01. The van der Waals surface area contributed by atoms with E-state index in [0.29, 0.717) is 11.2 Å². The Morgan fingerprint density at radius 1 is 1.45 bits per heavy atom.